The maximum Gasteiger partial charge on any atom is 0.311 e. The summed E-state index contributed by atoms with van der Waals surface area (Å²) in [5.74, 6) is -1.02. The smallest absolute Gasteiger partial charge is 0.311 e. The van der Waals surface area contributed by atoms with Gasteiger partial charge in [0.2, 0.25) is 5.91 Å². The van der Waals surface area contributed by atoms with Crippen LogP contribution in [0.25, 0.3) is 0 Å². The molecule has 0 aromatic rings. The second-order valence-corrected chi connectivity index (χ2v) is 6.09. The lowest BCUT2D eigenvalue weighted by Gasteiger charge is -2.40. The second kappa shape index (κ2) is 5.26. The van der Waals surface area contributed by atoms with Gasteiger partial charge < -0.3 is 15.7 Å². The third kappa shape index (κ3) is 3.02. The molecule has 18 heavy (non-hydrogen) atoms. The highest BCUT2D eigenvalue weighted by Crippen LogP contribution is 2.31. The average Bonchev–Trinajstić information content (AvgIpc) is 2.29. The van der Waals surface area contributed by atoms with Crippen molar-refractivity contribution >= 4 is 11.9 Å². The van der Waals surface area contributed by atoms with Crippen molar-refractivity contribution in [2.24, 2.45) is 11.3 Å². The van der Waals surface area contributed by atoms with Gasteiger partial charge in [-0.2, -0.15) is 0 Å². The fraction of sp³-hybridized carbons (Fsp3) is 0.846. The van der Waals surface area contributed by atoms with Gasteiger partial charge in [-0.1, -0.05) is 0 Å². The molecule has 104 valence electrons. The summed E-state index contributed by atoms with van der Waals surface area (Å²) in [4.78, 5) is 23.4. The molecule has 1 atom stereocenters. The number of hydrogen-bond acceptors (Lipinski definition) is 3. The van der Waals surface area contributed by atoms with E-state index in [-0.39, 0.29) is 11.8 Å². The molecule has 1 aliphatic heterocycles. The first-order chi connectivity index (χ1) is 8.18. The molecule has 0 aliphatic carbocycles. The van der Waals surface area contributed by atoms with E-state index in [9.17, 15) is 14.7 Å². The van der Waals surface area contributed by atoms with Crippen molar-refractivity contribution < 1.29 is 14.7 Å². The lowest BCUT2D eigenvalue weighted by Crippen LogP contribution is -2.59. The Morgan fingerprint density at radius 2 is 1.89 bits per heavy atom. The standard InChI is InChI=1S/C13H24N2O3/c1-12(2,11(17)18)13(3,4)15-10(16)9-6-5-7-14-8-9/h9,14H,5-8H2,1-4H3,(H,15,16)(H,17,18). The maximum absolute atomic E-state index is 12.1. The van der Waals surface area contributed by atoms with Crippen molar-refractivity contribution in [3.05, 3.63) is 0 Å². The van der Waals surface area contributed by atoms with E-state index in [1.54, 1.807) is 27.7 Å². The van der Waals surface area contributed by atoms with E-state index in [0.717, 1.165) is 19.4 Å². The van der Waals surface area contributed by atoms with Crippen molar-refractivity contribution in [3.8, 4) is 0 Å². The number of piperidine rings is 1. The molecule has 1 rings (SSSR count). The molecule has 1 saturated heterocycles. The normalized spacial score (nSPS) is 21.4. The van der Waals surface area contributed by atoms with Gasteiger partial charge in [0.1, 0.15) is 0 Å². The van der Waals surface area contributed by atoms with Crippen LogP contribution in [-0.4, -0.2) is 35.6 Å². The van der Waals surface area contributed by atoms with E-state index in [4.69, 9.17) is 0 Å². The molecule has 1 fully saturated rings. The van der Waals surface area contributed by atoms with E-state index in [2.05, 4.69) is 10.6 Å². The van der Waals surface area contributed by atoms with Crippen molar-refractivity contribution in [1.29, 1.82) is 0 Å². The summed E-state index contributed by atoms with van der Waals surface area (Å²) in [5.41, 5.74) is -1.79. The Kier molecular flexibility index (Phi) is 4.37. The Bertz CT molecular complexity index is 331. The molecule has 0 spiro atoms. The van der Waals surface area contributed by atoms with Crippen molar-refractivity contribution in [2.75, 3.05) is 13.1 Å². The van der Waals surface area contributed by atoms with Gasteiger partial charge in [-0.15, -0.1) is 0 Å². The fourth-order valence-corrected chi connectivity index (χ4v) is 1.91. The van der Waals surface area contributed by atoms with Gasteiger partial charge in [0, 0.05) is 12.1 Å². The minimum atomic E-state index is -1.01. The Hall–Kier alpha value is -1.10. The lowest BCUT2D eigenvalue weighted by atomic mass is 9.74. The Balaban J connectivity index is 2.70. The first kappa shape index (κ1) is 15.0. The lowest BCUT2D eigenvalue weighted by molar-refractivity contribution is -0.152. The molecule has 1 heterocycles. The molecule has 1 aliphatic rings. The van der Waals surface area contributed by atoms with Gasteiger partial charge in [-0.25, -0.2) is 0 Å². The van der Waals surface area contributed by atoms with E-state index in [1.165, 1.54) is 0 Å². The first-order valence-electron chi connectivity index (χ1n) is 6.44. The first-order valence-corrected chi connectivity index (χ1v) is 6.44. The zero-order valence-electron chi connectivity index (χ0n) is 11.7. The summed E-state index contributed by atoms with van der Waals surface area (Å²) in [5, 5.41) is 15.3. The topological polar surface area (TPSA) is 78.4 Å². The molecule has 0 radical (unpaired) electrons. The van der Waals surface area contributed by atoms with Gasteiger partial charge >= 0.3 is 5.97 Å². The number of carbonyl (C=O) groups excluding carboxylic acids is 1. The molecule has 0 aromatic heterocycles. The zero-order valence-corrected chi connectivity index (χ0v) is 11.7. The van der Waals surface area contributed by atoms with Crippen LogP contribution in [0, 0.1) is 11.3 Å². The fourth-order valence-electron chi connectivity index (χ4n) is 1.91. The second-order valence-electron chi connectivity index (χ2n) is 6.09. The molecule has 0 saturated carbocycles. The summed E-state index contributed by atoms with van der Waals surface area (Å²) in [6, 6.07) is 0. The van der Waals surface area contributed by atoms with E-state index < -0.39 is 16.9 Å². The highest BCUT2D eigenvalue weighted by Gasteiger charge is 2.45. The highest BCUT2D eigenvalue weighted by atomic mass is 16.4. The molecular weight excluding hydrogens is 232 g/mol. The van der Waals surface area contributed by atoms with Crippen LogP contribution in [0.5, 0.6) is 0 Å². The number of carboxylic acid groups (broad SMARTS) is 1. The third-order valence-electron chi connectivity index (χ3n) is 4.20. The van der Waals surface area contributed by atoms with Crippen molar-refractivity contribution in [3.63, 3.8) is 0 Å². The Morgan fingerprint density at radius 1 is 1.28 bits per heavy atom. The molecule has 3 N–H and O–H groups in total. The van der Waals surface area contributed by atoms with Crippen LogP contribution in [0.3, 0.4) is 0 Å². The van der Waals surface area contributed by atoms with Crippen LogP contribution in [0.4, 0.5) is 0 Å². The SMILES string of the molecule is CC(C)(NC(=O)C1CCCNC1)C(C)(C)C(=O)O. The number of carboxylic acids is 1. The highest BCUT2D eigenvalue weighted by molar-refractivity contribution is 5.82. The summed E-state index contributed by atoms with van der Waals surface area (Å²) in [6.45, 7) is 8.41. The third-order valence-corrected chi connectivity index (χ3v) is 4.20. The van der Waals surface area contributed by atoms with Crippen LogP contribution in [0.2, 0.25) is 0 Å². The molecular formula is C13H24N2O3. The van der Waals surface area contributed by atoms with Crippen molar-refractivity contribution in [1.82, 2.24) is 10.6 Å². The van der Waals surface area contributed by atoms with Crippen LogP contribution in [0.1, 0.15) is 40.5 Å². The molecule has 5 heteroatoms. The average molecular weight is 256 g/mol. The van der Waals surface area contributed by atoms with Gasteiger partial charge in [-0.05, 0) is 47.1 Å². The van der Waals surface area contributed by atoms with Crippen molar-refractivity contribution in [2.45, 2.75) is 46.1 Å². The molecule has 1 unspecified atom stereocenters. The van der Waals surface area contributed by atoms with Gasteiger partial charge in [-0.3, -0.25) is 9.59 Å². The summed E-state index contributed by atoms with van der Waals surface area (Å²) >= 11 is 0. The number of nitrogens with one attached hydrogen (secondary N) is 2. The van der Waals surface area contributed by atoms with Gasteiger partial charge in [0.05, 0.1) is 11.3 Å². The zero-order chi connectivity index (χ0) is 14.0. The summed E-state index contributed by atoms with van der Waals surface area (Å²) in [6.07, 6.45) is 1.85. The molecule has 0 bridgehead atoms. The van der Waals surface area contributed by atoms with E-state index in [1.807, 2.05) is 0 Å². The van der Waals surface area contributed by atoms with E-state index in [0.29, 0.717) is 6.54 Å². The predicted molar refractivity (Wildman–Crippen MR) is 69.2 cm³/mol. The Labute approximate surface area is 108 Å². The monoisotopic (exact) mass is 256 g/mol. The van der Waals surface area contributed by atoms with Crippen LogP contribution in [-0.2, 0) is 9.59 Å². The predicted octanol–water partition coefficient (Wildman–Crippen LogP) is 0.992. The van der Waals surface area contributed by atoms with Crippen LogP contribution >= 0.6 is 0 Å². The van der Waals surface area contributed by atoms with Crippen LogP contribution in [0.15, 0.2) is 0 Å². The molecule has 1 amide bonds. The number of amides is 1. The maximum atomic E-state index is 12.1. The summed E-state index contributed by atoms with van der Waals surface area (Å²) in [7, 11) is 0. The molecule has 0 aromatic carbocycles. The van der Waals surface area contributed by atoms with Gasteiger partial charge in [0.25, 0.3) is 0 Å². The summed E-state index contributed by atoms with van der Waals surface area (Å²) < 4.78 is 0. The quantitative estimate of drug-likeness (QED) is 0.701. The van der Waals surface area contributed by atoms with Gasteiger partial charge in [0.15, 0.2) is 0 Å². The minimum absolute atomic E-state index is 0.0531. The number of aliphatic carboxylic acids is 1. The number of hydrogen-bond donors (Lipinski definition) is 3. The van der Waals surface area contributed by atoms with Crippen LogP contribution < -0.4 is 10.6 Å². The largest absolute Gasteiger partial charge is 0.481 e. The number of rotatable bonds is 4. The Morgan fingerprint density at radius 3 is 2.33 bits per heavy atom. The number of carbonyl (C=O) groups is 2. The van der Waals surface area contributed by atoms with E-state index >= 15 is 0 Å². The minimum Gasteiger partial charge on any atom is -0.481 e. The molecule has 5 nitrogen and oxygen atoms in total.